The van der Waals surface area contributed by atoms with Crippen molar-refractivity contribution < 1.29 is 23.5 Å². The van der Waals surface area contributed by atoms with E-state index in [1.54, 1.807) is 11.8 Å². The lowest BCUT2D eigenvalue weighted by atomic mass is 10.0. The Kier molecular flexibility index (Phi) is 4.30. The summed E-state index contributed by atoms with van der Waals surface area (Å²) in [4.78, 5) is 19.2. The third kappa shape index (κ3) is 3.19. The molecule has 2 aliphatic heterocycles. The summed E-state index contributed by atoms with van der Waals surface area (Å²) in [5.74, 6) is -1.35. The van der Waals surface area contributed by atoms with E-state index in [0.29, 0.717) is 13.1 Å². The van der Waals surface area contributed by atoms with Gasteiger partial charge in [-0.3, -0.25) is 4.79 Å². The number of halogens is 2. The summed E-state index contributed by atoms with van der Waals surface area (Å²) < 4.78 is 27.0. The Hall–Kier alpha value is -2.02. The average molecular weight is 324 g/mol. The summed E-state index contributed by atoms with van der Waals surface area (Å²) in [6, 6.07) is 3.10. The number of hydrogen-bond donors (Lipinski definition) is 1. The highest BCUT2D eigenvalue weighted by Gasteiger charge is 2.37. The zero-order chi connectivity index (χ0) is 16.6. The minimum Gasteiger partial charge on any atom is -0.393 e. The molecule has 0 aliphatic carbocycles. The zero-order valence-electron chi connectivity index (χ0n) is 12.7. The van der Waals surface area contributed by atoms with Gasteiger partial charge in [-0.1, -0.05) is 5.16 Å². The molecule has 3 rings (SSSR count). The average Bonchev–Trinajstić information content (AvgIpc) is 3.18. The molecular formula is C16H18F2N2O3. The van der Waals surface area contributed by atoms with Crippen LogP contribution < -0.4 is 0 Å². The van der Waals surface area contributed by atoms with Gasteiger partial charge in [-0.05, 0) is 31.5 Å². The topological polar surface area (TPSA) is 62.1 Å². The standard InChI is InChI=1S/C16H18F2N2O3/c1-9(21)10-4-5-20(8-10)16(22)15-7-14(19-23-15)12-6-11(17)2-3-13(12)18/h2-3,6,9-10,15,21H,4-5,7-8H2,1H3. The first kappa shape index (κ1) is 15.9. The Morgan fingerprint density at radius 1 is 1.48 bits per heavy atom. The number of hydrogen-bond acceptors (Lipinski definition) is 4. The van der Waals surface area contributed by atoms with Crippen LogP contribution in [0.4, 0.5) is 8.78 Å². The fourth-order valence-corrected chi connectivity index (χ4v) is 2.97. The monoisotopic (exact) mass is 324 g/mol. The van der Waals surface area contributed by atoms with Gasteiger partial charge < -0.3 is 14.8 Å². The summed E-state index contributed by atoms with van der Waals surface area (Å²) in [5.41, 5.74) is 0.246. The number of benzene rings is 1. The molecule has 1 aromatic rings. The first-order valence-electron chi connectivity index (χ1n) is 7.60. The summed E-state index contributed by atoms with van der Waals surface area (Å²) in [5, 5.41) is 13.3. The van der Waals surface area contributed by atoms with Gasteiger partial charge in [-0.15, -0.1) is 0 Å². The SMILES string of the molecule is CC(O)C1CCN(C(=O)C2CC(c3cc(F)ccc3F)=NO2)C1. The van der Waals surface area contributed by atoms with E-state index < -0.39 is 23.8 Å². The number of likely N-dealkylation sites (tertiary alicyclic amines) is 1. The number of amides is 1. The van der Waals surface area contributed by atoms with Crippen molar-refractivity contribution in [3.8, 4) is 0 Å². The highest BCUT2D eigenvalue weighted by atomic mass is 19.1. The van der Waals surface area contributed by atoms with Crippen LogP contribution in [0.25, 0.3) is 0 Å². The summed E-state index contributed by atoms with van der Waals surface area (Å²) in [7, 11) is 0. The fraction of sp³-hybridized carbons (Fsp3) is 0.500. The van der Waals surface area contributed by atoms with Gasteiger partial charge in [0.1, 0.15) is 11.6 Å². The maximum Gasteiger partial charge on any atom is 0.266 e. The van der Waals surface area contributed by atoms with E-state index in [-0.39, 0.29) is 29.5 Å². The second kappa shape index (κ2) is 6.23. The molecule has 1 fully saturated rings. The summed E-state index contributed by atoms with van der Waals surface area (Å²) in [6.07, 6.45) is -0.442. The quantitative estimate of drug-likeness (QED) is 0.920. The van der Waals surface area contributed by atoms with Crippen molar-refractivity contribution in [1.82, 2.24) is 4.90 Å². The molecule has 0 radical (unpaired) electrons. The van der Waals surface area contributed by atoms with Crippen molar-refractivity contribution in [2.24, 2.45) is 11.1 Å². The van der Waals surface area contributed by atoms with Crippen molar-refractivity contribution in [1.29, 1.82) is 0 Å². The summed E-state index contributed by atoms with van der Waals surface area (Å²) in [6.45, 7) is 2.73. The molecule has 1 saturated heterocycles. The summed E-state index contributed by atoms with van der Waals surface area (Å²) >= 11 is 0. The lowest BCUT2D eigenvalue weighted by molar-refractivity contribution is -0.141. The molecule has 2 heterocycles. The van der Waals surface area contributed by atoms with Gasteiger partial charge in [-0.2, -0.15) is 0 Å². The van der Waals surface area contributed by atoms with Crippen LogP contribution in [0, 0.1) is 17.6 Å². The van der Waals surface area contributed by atoms with Gasteiger partial charge in [0.15, 0.2) is 0 Å². The fourth-order valence-electron chi connectivity index (χ4n) is 2.97. The van der Waals surface area contributed by atoms with E-state index in [4.69, 9.17) is 4.84 Å². The molecule has 5 nitrogen and oxygen atoms in total. The molecule has 2 aliphatic rings. The molecule has 3 unspecified atom stereocenters. The molecule has 1 aromatic carbocycles. The van der Waals surface area contributed by atoms with Crippen LogP contribution in [0.3, 0.4) is 0 Å². The maximum absolute atomic E-state index is 13.8. The van der Waals surface area contributed by atoms with Gasteiger partial charge in [0.05, 0.1) is 11.8 Å². The lowest BCUT2D eigenvalue weighted by Gasteiger charge is -2.20. The van der Waals surface area contributed by atoms with Gasteiger partial charge in [0.25, 0.3) is 5.91 Å². The molecule has 0 aromatic heterocycles. The van der Waals surface area contributed by atoms with Crippen LogP contribution in [0.15, 0.2) is 23.4 Å². The molecule has 23 heavy (non-hydrogen) atoms. The van der Waals surface area contributed by atoms with E-state index >= 15 is 0 Å². The van der Waals surface area contributed by atoms with E-state index in [0.717, 1.165) is 24.6 Å². The lowest BCUT2D eigenvalue weighted by Crippen LogP contribution is -2.38. The molecule has 0 spiro atoms. The van der Waals surface area contributed by atoms with E-state index in [1.807, 2.05) is 0 Å². The number of nitrogens with zero attached hydrogens (tertiary/aromatic N) is 2. The second-order valence-electron chi connectivity index (χ2n) is 6.03. The Bertz CT molecular complexity index is 648. The molecule has 3 atom stereocenters. The third-order valence-electron chi connectivity index (χ3n) is 4.40. The van der Waals surface area contributed by atoms with E-state index in [1.165, 1.54) is 0 Å². The number of aliphatic hydroxyl groups excluding tert-OH is 1. The minimum atomic E-state index is -0.819. The Balaban J connectivity index is 1.65. The van der Waals surface area contributed by atoms with Crippen molar-refractivity contribution >= 4 is 11.6 Å². The Morgan fingerprint density at radius 3 is 2.96 bits per heavy atom. The molecule has 1 N–H and O–H groups in total. The van der Waals surface area contributed by atoms with Crippen LogP contribution in [-0.4, -0.2) is 46.9 Å². The van der Waals surface area contributed by atoms with Crippen LogP contribution in [0.2, 0.25) is 0 Å². The Morgan fingerprint density at radius 2 is 2.26 bits per heavy atom. The van der Waals surface area contributed by atoms with Crippen molar-refractivity contribution in [2.75, 3.05) is 13.1 Å². The first-order valence-corrected chi connectivity index (χ1v) is 7.60. The molecule has 7 heteroatoms. The largest absolute Gasteiger partial charge is 0.393 e. The maximum atomic E-state index is 13.8. The molecular weight excluding hydrogens is 306 g/mol. The molecule has 124 valence electrons. The van der Waals surface area contributed by atoms with Gasteiger partial charge in [-0.25, -0.2) is 8.78 Å². The van der Waals surface area contributed by atoms with E-state index in [2.05, 4.69) is 5.16 Å². The highest BCUT2D eigenvalue weighted by Crippen LogP contribution is 2.25. The smallest absolute Gasteiger partial charge is 0.266 e. The Labute approximate surface area is 132 Å². The van der Waals surface area contributed by atoms with E-state index in [9.17, 15) is 18.7 Å². The second-order valence-corrected chi connectivity index (χ2v) is 6.03. The van der Waals surface area contributed by atoms with Crippen LogP contribution in [-0.2, 0) is 9.63 Å². The van der Waals surface area contributed by atoms with Crippen LogP contribution in [0.5, 0.6) is 0 Å². The predicted octanol–water partition coefficient (Wildman–Crippen LogP) is 1.69. The predicted molar refractivity (Wildman–Crippen MR) is 78.8 cm³/mol. The number of carbonyl (C=O) groups excluding carboxylic acids is 1. The number of rotatable bonds is 3. The van der Waals surface area contributed by atoms with Crippen LogP contribution in [0.1, 0.15) is 25.3 Å². The van der Waals surface area contributed by atoms with Crippen LogP contribution >= 0.6 is 0 Å². The number of oxime groups is 1. The molecule has 0 saturated carbocycles. The third-order valence-corrected chi connectivity index (χ3v) is 4.40. The minimum absolute atomic E-state index is 0.0172. The first-order chi connectivity index (χ1) is 11.0. The van der Waals surface area contributed by atoms with Gasteiger partial charge in [0.2, 0.25) is 6.10 Å². The molecule has 0 bridgehead atoms. The number of carbonyl (C=O) groups is 1. The highest BCUT2D eigenvalue weighted by molar-refractivity contribution is 6.04. The van der Waals surface area contributed by atoms with Crippen molar-refractivity contribution in [3.63, 3.8) is 0 Å². The molecule has 1 amide bonds. The normalized spacial score (nSPS) is 25.2. The zero-order valence-corrected chi connectivity index (χ0v) is 12.7. The van der Waals surface area contributed by atoms with Crippen molar-refractivity contribution in [3.05, 3.63) is 35.4 Å². The number of aliphatic hydroxyl groups is 1. The van der Waals surface area contributed by atoms with Crippen molar-refractivity contribution in [2.45, 2.75) is 32.0 Å². The van der Waals surface area contributed by atoms with Gasteiger partial charge >= 0.3 is 0 Å². The van der Waals surface area contributed by atoms with Gasteiger partial charge in [0, 0.05) is 31.0 Å².